The van der Waals surface area contributed by atoms with Crippen LogP contribution in [0, 0.1) is 12.8 Å². The van der Waals surface area contributed by atoms with Gasteiger partial charge >= 0.3 is 0 Å². The molecule has 2 aliphatic heterocycles. The van der Waals surface area contributed by atoms with Gasteiger partial charge in [0.25, 0.3) is 0 Å². The first-order chi connectivity index (χ1) is 13.0. The molecular formula is C21H26N2O3S. The predicted octanol–water partition coefficient (Wildman–Crippen LogP) is 2.90. The topological polar surface area (TPSA) is 49.9 Å². The van der Waals surface area contributed by atoms with E-state index in [0.29, 0.717) is 29.9 Å². The van der Waals surface area contributed by atoms with Crippen molar-refractivity contribution in [2.24, 2.45) is 5.92 Å². The first kappa shape index (κ1) is 18.5. The third-order valence-electron chi connectivity index (χ3n) is 5.83. The van der Waals surface area contributed by atoms with E-state index in [0.717, 1.165) is 30.8 Å². The number of nitrogens with zero attached hydrogens (tertiary/aromatic N) is 2. The van der Waals surface area contributed by atoms with Crippen molar-refractivity contribution in [3.8, 4) is 5.75 Å². The van der Waals surface area contributed by atoms with Gasteiger partial charge < -0.3 is 4.74 Å². The first-order valence-electron chi connectivity index (χ1n) is 9.42. The van der Waals surface area contributed by atoms with Gasteiger partial charge in [0.2, 0.25) is 10.0 Å². The molecular weight excluding hydrogens is 360 g/mol. The molecule has 0 saturated carbocycles. The van der Waals surface area contributed by atoms with Crippen molar-refractivity contribution >= 4 is 10.0 Å². The average Bonchev–Trinajstić information content (AvgIpc) is 2.66. The minimum atomic E-state index is -3.40. The van der Waals surface area contributed by atoms with E-state index in [1.807, 2.05) is 31.2 Å². The highest BCUT2D eigenvalue weighted by atomic mass is 32.2. The molecule has 2 heterocycles. The van der Waals surface area contributed by atoms with Gasteiger partial charge in [0.05, 0.1) is 12.0 Å². The maximum atomic E-state index is 13.0. The largest absolute Gasteiger partial charge is 0.497 e. The van der Waals surface area contributed by atoms with E-state index < -0.39 is 10.0 Å². The van der Waals surface area contributed by atoms with Crippen molar-refractivity contribution in [3.63, 3.8) is 0 Å². The number of hydrogen-bond donors (Lipinski definition) is 0. The molecule has 6 heteroatoms. The Labute approximate surface area is 161 Å². The summed E-state index contributed by atoms with van der Waals surface area (Å²) in [6.07, 6.45) is 0.889. The van der Waals surface area contributed by atoms with Gasteiger partial charge in [-0.25, -0.2) is 8.42 Å². The summed E-state index contributed by atoms with van der Waals surface area (Å²) in [5, 5.41) is 0. The highest BCUT2D eigenvalue weighted by molar-refractivity contribution is 7.89. The monoisotopic (exact) mass is 386 g/mol. The van der Waals surface area contributed by atoms with E-state index in [1.54, 1.807) is 23.5 Å². The SMILES string of the molecule is COc1cccc(CN2CC3CN(S(=O)(=O)c4ccccc4C)CCC32)c1. The van der Waals surface area contributed by atoms with Crippen molar-refractivity contribution in [3.05, 3.63) is 59.7 Å². The number of fused-ring (bicyclic) bond motifs is 1. The Balaban J connectivity index is 1.41. The molecule has 5 nitrogen and oxygen atoms in total. The Morgan fingerprint density at radius 1 is 1.11 bits per heavy atom. The second kappa shape index (κ2) is 7.26. The summed E-state index contributed by atoms with van der Waals surface area (Å²) < 4.78 is 33.0. The predicted molar refractivity (Wildman–Crippen MR) is 105 cm³/mol. The fraction of sp³-hybridized carbons (Fsp3) is 0.429. The lowest BCUT2D eigenvalue weighted by Gasteiger charge is -2.53. The zero-order valence-corrected chi connectivity index (χ0v) is 16.7. The molecule has 0 spiro atoms. The van der Waals surface area contributed by atoms with E-state index in [4.69, 9.17) is 4.74 Å². The standard InChI is InChI=1S/C21H26N2O3S/c1-16-6-3-4-9-21(16)27(24,25)23-11-10-20-18(15-23)14-22(20)13-17-7-5-8-19(12-17)26-2/h3-9,12,18,20H,10-11,13-15H2,1-2H3. The fourth-order valence-electron chi connectivity index (χ4n) is 4.34. The highest BCUT2D eigenvalue weighted by Crippen LogP contribution is 2.36. The number of likely N-dealkylation sites (tertiary alicyclic amines) is 1. The molecule has 2 saturated heterocycles. The van der Waals surface area contributed by atoms with Crippen LogP contribution in [0.15, 0.2) is 53.4 Å². The number of hydrogen-bond acceptors (Lipinski definition) is 4. The van der Waals surface area contributed by atoms with Crippen LogP contribution in [0.3, 0.4) is 0 Å². The molecule has 2 fully saturated rings. The second-order valence-electron chi connectivity index (χ2n) is 7.53. The third kappa shape index (κ3) is 3.49. The van der Waals surface area contributed by atoms with Gasteiger partial charge in [0, 0.05) is 38.1 Å². The van der Waals surface area contributed by atoms with Crippen molar-refractivity contribution in [2.45, 2.75) is 30.8 Å². The Hall–Kier alpha value is -1.89. The minimum absolute atomic E-state index is 0.420. The van der Waals surface area contributed by atoms with Crippen molar-refractivity contribution in [1.82, 2.24) is 9.21 Å². The molecule has 0 radical (unpaired) electrons. The molecule has 4 rings (SSSR count). The van der Waals surface area contributed by atoms with Gasteiger partial charge in [-0.2, -0.15) is 4.31 Å². The summed E-state index contributed by atoms with van der Waals surface area (Å²) in [4.78, 5) is 2.90. The number of methoxy groups -OCH3 is 1. The first-order valence-corrected chi connectivity index (χ1v) is 10.9. The van der Waals surface area contributed by atoms with Crippen LogP contribution in [0.2, 0.25) is 0 Å². The lowest BCUT2D eigenvalue weighted by atomic mass is 9.83. The zero-order valence-electron chi connectivity index (χ0n) is 15.8. The summed E-state index contributed by atoms with van der Waals surface area (Å²) in [6, 6.07) is 15.9. The van der Waals surface area contributed by atoms with Crippen molar-refractivity contribution in [2.75, 3.05) is 26.7 Å². The van der Waals surface area contributed by atoms with E-state index in [2.05, 4.69) is 17.0 Å². The summed E-state index contributed by atoms with van der Waals surface area (Å²) in [5.74, 6) is 1.30. The molecule has 2 unspecified atom stereocenters. The van der Waals surface area contributed by atoms with Crippen LogP contribution in [0.25, 0.3) is 0 Å². The Kier molecular flexibility index (Phi) is 4.97. The van der Waals surface area contributed by atoms with Gasteiger partial charge in [-0.05, 0) is 42.7 Å². The normalized spacial score (nSPS) is 23.5. The third-order valence-corrected chi connectivity index (χ3v) is 7.85. The number of sulfonamides is 1. The number of piperidine rings is 1. The van der Waals surface area contributed by atoms with Crippen LogP contribution >= 0.6 is 0 Å². The molecule has 27 heavy (non-hydrogen) atoms. The maximum Gasteiger partial charge on any atom is 0.243 e. The molecule has 0 aliphatic carbocycles. The van der Waals surface area contributed by atoms with Crippen LogP contribution in [-0.2, 0) is 16.6 Å². The van der Waals surface area contributed by atoms with E-state index in [-0.39, 0.29) is 0 Å². The second-order valence-corrected chi connectivity index (χ2v) is 9.43. The quantitative estimate of drug-likeness (QED) is 0.793. The molecule has 0 N–H and O–H groups in total. The lowest BCUT2D eigenvalue weighted by Crippen LogP contribution is -2.63. The molecule has 2 aliphatic rings. The van der Waals surface area contributed by atoms with E-state index in [1.165, 1.54) is 5.56 Å². The van der Waals surface area contributed by atoms with Crippen LogP contribution in [0.5, 0.6) is 5.75 Å². The highest BCUT2D eigenvalue weighted by Gasteiger charge is 2.45. The van der Waals surface area contributed by atoms with Gasteiger partial charge in [0.1, 0.15) is 5.75 Å². The number of aryl methyl sites for hydroxylation is 1. The molecule has 0 bridgehead atoms. The molecule has 2 aromatic rings. The van der Waals surface area contributed by atoms with Crippen LogP contribution < -0.4 is 4.74 Å². The summed E-state index contributed by atoms with van der Waals surface area (Å²) in [5.41, 5.74) is 2.05. The van der Waals surface area contributed by atoms with Gasteiger partial charge in [0.15, 0.2) is 0 Å². The Morgan fingerprint density at radius 3 is 2.67 bits per heavy atom. The minimum Gasteiger partial charge on any atom is -0.497 e. The zero-order chi connectivity index (χ0) is 19.0. The van der Waals surface area contributed by atoms with Gasteiger partial charge in [-0.3, -0.25) is 4.90 Å². The van der Waals surface area contributed by atoms with Crippen LogP contribution in [-0.4, -0.2) is 50.4 Å². The summed E-state index contributed by atoms with van der Waals surface area (Å²) >= 11 is 0. The molecule has 2 aromatic carbocycles. The smallest absolute Gasteiger partial charge is 0.243 e. The average molecular weight is 387 g/mol. The van der Waals surface area contributed by atoms with E-state index in [9.17, 15) is 8.42 Å². The van der Waals surface area contributed by atoms with Crippen molar-refractivity contribution in [1.29, 1.82) is 0 Å². The molecule has 0 aromatic heterocycles. The van der Waals surface area contributed by atoms with Crippen LogP contribution in [0.1, 0.15) is 17.5 Å². The lowest BCUT2D eigenvalue weighted by molar-refractivity contribution is -0.0306. The summed E-state index contributed by atoms with van der Waals surface area (Å²) in [6.45, 7) is 4.91. The van der Waals surface area contributed by atoms with Gasteiger partial charge in [-0.1, -0.05) is 30.3 Å². The fourth-order valence-corrected chi connectivity index (χ4v) is 6.07. The molecule has 144 valence electrons. The van der Waals surface area contributed by atoms with Crippen molar-refractivity contribution < 1.29 is 13.2 Å². The van der Waals surface area contributed by atoms with E-state index >= 15 is 0 Å². The Morgan fingerprint density at radius 2 is 1.93 bits per heavy atom. The Bertz CT molecular complexity index is 929. The number of ether oxygens (including phenoxy) is 1. The van der Waals surface area contributed by atoms with Crippen LogP contribution in [0.4, 0.5) is 0 Å². The number of benzene rings is 2. The maximum absolute atomic E-state index is 13.0. The van der Waals surface area contributed by atoms with Gasteiger partial charge in [-0.15, -0.1) is 0 Å². The summed E-state index contributed by atoms with van der Waals surface area (Å²) in [7, 11) is -1.72. The molecule has 2 atom stereocenters. The number of rotatable bonds is 5. The molecule has 0 amide bonds.